The van der Waals surface area contributed by atoms with Crippen LogP contribution in [0.25, 0.3) is 0 Å². The largest absolute Gasteiger partial charge is 0.497 e. The van der Waals surface area contributed by atoms with Gasteiger partial charge in [-0.15, -0.1) is 0 Å². The number of carbonyl (C=O) groups excluding carboxylic acids is 1. The molecule has 6 heteroatoms. The summed E-state index contributed by atoms with van der Waals surface area (Å²) in [5.41, 5.74) is -0.211. The van der Waals surface area contributed by atoms with Crippen molar-refractivity contribution in [1.82, 2.24) is 10.6 Å². The molecule has 2 rings (SSSR count). The lowest BCUT2D eigenvalue weighted by Crippen LogP contribution is -2.40. The highest BCUT2D eigenvalue weighted by Crippen LogP contribution is 2.34. The molecule has 96 valence electrons. The molecule has 1 aromatic carbocycles. The molecule has 1 heterocycles. The Balaban J connectivity index is 2.50. The molecule has 5 nitrogen and oxygen atoms in total. The van der Waals surface area contributed by atoms with Gasteiger partial charge in [-0.1, -0.05) is 0 Å². The molecule has 1 fully saturated rings. The SMILES string of the molecule is COc1ccc(C2(C)NC(=S)NC2=O)c(OC)c1. The fourth-order valence-electron chi connectivity index (χ4n) is 1.94. The molecule has 1 aromatic rings. The van der Waals surface area contributed by atoms with Gasteiger partial charge in [-0.05, 0) is 31.3 Å². The van der Waals surface area contributed by atoms with Crippen LogP contribution in [0.15, 0.2) is 18.2 Å². The van der Waals surface area contributed by atoms with E-state index in [2.05, 4.69) is 10.6 Å². The van der Waals surface area contributed by atoms with Gasteiger partial charge >= 0.3 is 0 Å². The summed E-state index contributed by atoms with van der Waals surface area (Å²) in [6.45, 7) is 1.76. The molecule has 1 aliphatic heterocycles. The number of ether oxygens (including phenoxy) is 2. The molecule has 1 aliphatic rings. The summed E-state index contributed by atoms with van der Waals surface area (Å²) in [6.07, 6.45) is 0. The van der Waals surface area contributed by atoms with E-state index in [9.17, 15) is 4.79 Å². The van der Waals surface area contributed by atoms with Crippen molar-refractivity contribution in [3.8, 4) is 11.5 Å². The number of thiocarbonyl (C=S) groups is 1. The minimum absolute atomic E-state index is 0.198. The fraction of sp³-hybridized carbons (Fsp3) is 0.333. The lowest BCUT2D eigenvalue weighted by Gasteiger charge is -2.24. The van der Waals surface area contributed by atoms with Gasteiger partial charge in [-0.2, -0.15) is 0 Å². The number of hydrogen-bond donors (Lipinski definition) is 2. The first-order valence-corrected chi connectivity index (χ1v) is 5.78. The van der Waals surface area contributed by atoms with Crippen molar-refractivity contribution in [1.29, 1.82) is 0 Å². The molecule has 0 bridgehead atoms. The van der Waals surface area contributed by atoms with Crippen LogP contribution in [0.5, 0.6) is 11.5 Å². The van der Waals surface area contributed by atoms with E-state index in [0.29, 0.717) is 22.2 Å². The third-order valence-corrected chi connectivity index (χ3v) is 3.20. The molecule has 0 radical (unpaired) electrons. The Labute approximate surface area is 110 Å². The maximum Gasteiger partial charge on any atom is 0.256 e. The quantitative estimate of drug-likeness (QED) is 0.797. The molecular weight excluding hydrogens is 252 g/mol. The van der Waals surface area contributed by atoms with Crippen LogP contribution in [0.3, 0.4) is 0 Å². The van der Waals surface area contributed by atoms with Crippen molar-refractivity contribution in [2.24, 2.45) is 0 Å². The number of nitrogens with one attached hydrogen (secondary N) is 2. The van der Waals surface area contributed by atoms with Gasteiger partial charge in [0.05, 0.1) is 14.2 Å². The van der Waals surface area contributed by atoms with E-state index < -0.39 is 5.54 Å². The summed E-state index contributed by atoms with van der Waals surface area (Å²) in [6, 6.07) is 5.30. The van der Waals surface area contributed by atoms with E-state index in [1.807, 2.05) is 0 Å². The maximum absolute atomic E-state index is 12.0. The molecule has 0 spiro atoms. The normalized spacial score (nSPS) is 22.4. The lowest BCUT2D eigenvalue weighted by molar-refractivity contribution is -0.123. The second-order valence-corrected chi connectivity index (χ2v) is 4.51. The number of amides is 1. The molecule has 0 aromatic heterocycles. The molecule has 2 N–H and O–H groups in total. The van der Waals surface area contributed by atoms with Gasteiger partial charge in [0.2, 0.25) is 0 Å². The molecule has 0 saturated carbocycles. The molecule has 0 aliphatic carbocycles. The van der Waals surface area contributed by atoms with E-state index in [1.54, 1.807) is 39.3 Å². The van der Waals surface area contributed by atoms with Gasteiger partial charge in [0.15, 0.2) is 5.11 Å². The monoisotopic (exact) mass is 266 g/mol. The van der Waals surface area contributed by atoms with Gasteiger partial charge in [-0.25, -0.2) is 0 Å². The van der Waals surface area contributed by atoms with E-state index >= 15 is 0 Å². The zero-order chi connectivity index (χ0) is 13.3. The highest BCUT2D eigenvalue weighted by Gasteiger charge is 2.43. The van der Waals surface area contributed by atoms with Crippen LogP contribution in [0, 0.1) is 0 Å². The zero-order valence-corrected chi connectivity index (χ0v) is 11.2. The number of methoxy groups -OCH3 is 2. The highest BCUT2D eigenvalue weighted by atomic mass is 32.1. The zero-order valence-electron chi connectivity index (χ0n) is 10.4. The summed E-state index contributed by atoms with van der Waals surface area (Å²) in [5.74, 6) is 1.04. The Kier molecular flexibility index (Phi) is 3.13. The summed E-state index contributed by atoms with van der Waals surface area (Å²) in [5, 5.41) is 5.86. The first-order chi connectivity index (χ1) is 8.51. The Morgan fingerprint density at radius 3 is 2.50 bits per heavy atom. The standard InChI is InChI=1S/C12H14N2O3S/c1-12(10(15)13-11(18)14-12)8-5-4-7(16-2)6-9(8)17-3/h4-6H,1-3H3,(H2,13,14,15,18). The smallest absolute Gasteiger partial charge is 0.256 e. The minimum Gasteiger partial charge on any atom is -0.497 e. The van der Waals surface area contributed by atoms with Crippen molar-refractivity contribution >= 4 is 23.2 Å². The molecule has 1 unspecified atom stereocenters. The van der Waals surface area contributed by atoms with Gasteiger partial charge in [-0.3, -0.25) is 4.79 Å². The van der Waals surface area contributed by atoms with Crippen LogP contribution < -0.4 is 20.1 Å². The van der Waals surface area contributed by atoms with E-state index in [0.717, 1.165) is 0 Å². The van der Waals surface area contributed by atoms with Crippen LogP contribution in [0.2, 0.25) is 0 Å². The number of hydrogen-bond acceptors (Lipinski definition) is 4. The summed E-state index contributed by atoms with van der Waals surface area (Å²) < 4.78 is 10.4. The van der Waals surface area contributed by atoms with E-state index in [1.165, 1.54) is 0 Å². The second kappa shape index (κ2) is 4.45. The van der Waals surface area contributed by atoms with Gasteiger partial charge in [0.1, 0.15) is 17.0 Å². The Morgan fingerprint density at radius 1 is 1.28 bits per heavy atom. The predicted molar refractivity (Wildman–Crippen MR) is 70.8 cm³/mol. The van der Waals surface area contributed by atoms with E-state index in [-0.39, 0.29) is 5.91 Å². The van der Waals surface area contributed by atoms with Crippen LogP contribution >= 0.6 is 12.2 Å². The third kappa shape index (κ3) is 1.88. The summed E-state index contributed by atoms with van der Waals surface area (Å²) in [7, 11) is 3.12. The van der Waals surface area contributed by atoms with Crippen LogP contribution in [0.1, 0.15) is 12.5 Å². The van der Waals surface area contributed by atoms with Crippen molar-refractivity contribution in [3.63, 3.8) is 0 Å². The minimum atomic E-state index is -0.922. The van der Waals surface area contributed by atoms with Crippen LogP contribution in [-0.4, -0.2) is 25.2 Å². The Bertz CT molecular complexity index is 518. The summed E-state index contributed by atoms with van der Waals surface area (Å²) in [4.78, 5) is 12.0. The summed E-state index contributed by atoms with van der Waals surface area (Å²) >= 11 is 4.96. The van der Waals surface area contributed by atoms with E-state index in [4.69, 9.17) is 21.7 Å². The lowest BCUT2D eigenvalue weighted by atomic mass is 9.91. The van der Waals surface area contributed by atoms with Crippen LogP contribution in [0.4, 0.5) is 0 Å². The molecule has 1 amide bonds. The molecule has 18 heavy (non-hydrogen) atoms. The topological polar surface area (TPSA) is 59.6 Å². The first kappa shape index (κ1) is 12.6. The van der Waals surface area contributed by atoms with Crippen molar-refractivity contribution in [2.75, 3.05) is 14.2 Å². The number of rotatable bonds is 3. The van der Waals surface area contributed by atoms with Crippen molar-refractivity contribution in [3.05, 3.63) is 23.8 Å². The average Bonchev–Trinajstić information content (AvgIpc) is 2.63. The fourth-order valence-corrected chi connectivity index (χ4v) is 2.24. The van der Waals surface area contributed by atoms with Crippen LogP contribution in [-0.2, 0) is 10.3 Å². The van der Waals surface area contributed by atoms with Crippen molar-refractivity contribution < 1.29 is 14.3 Å². The third-order valence-electron chi connectivity index (χ3n) is 2.99. The van der Waals surface area contributed by atoms with Gasteiger partial charge < -0.3 is 20.1 Å². The molecule has 1 saturated heterocycles. The molecular formula is C12H14N2O3S. The van der Waals surface area contributed by atoms with Crippen molar-refractivity contribution in [2.45, 2.75) is 12.5 Å². The van der Waals surface area contributed by atoms with Gasteiger partial charge in [0, 0.05) is 11.6 Å². The predicted octanol–water partition coefficient (Wildman–Crippen LogP) is 0.923. The Hall–Kier alpha value is -1.82. The Morgan fingerprint density at radius 2 is 2.00 bits per heavy atom. The number of benzene rings is 1. The number of carbonyl (C=O) groups is 1. The first-order valence-electron chi connectivity index (χ1n) is 5.37. The average molecular weight is 266 g/mol. The second-order valence-electron chi connectivity index (χ2n) is 4.10. The maximum atomic E-state index is 12.0. The van der Waals surface area contributed by atoms with Gasteiger partial charge in [0.25, 0.3) is 5.91 Å². The highest BCUT2D eigenvalue weighted by molar-refractivity contribution is 7.80. The molecule has 1 atom stereocenters.